The summed E-state index contributed by atoms with van der Waals surface area (Å²) < 4.78 is 39.5. The van der Waals surface area contributed by atoms with Crippen LogP contribution in [0.15, 0.2) is 53.4 Å². The summed E-state index contributed by atoms with van der Waals surface area (Å²) in [5.41, 5.74) is 6.24. The number of nitrogens with two attached hydrogens (primary N) is 1. The molecule has 0 amide bonds. The first kappa shape index (κ1) is 15.0. The van der Waals surface area contributed by atoms with E-state index >= 15 is 0 Å². The van der Waals surface area contributed by atoms with Crippen LogP contribution < -0.4 is 10.5 Å². The monoisotopic (exact) mass is 304 g/mol. The third-order valence-corrected chi connectivity index (χ3v) is 3.99. The number of nitrogens with one attached hydrogen (secondary N) is 1. The van der Waals surface area contributed by atoms with Gasteiger partial charge in [-0.05, 0) is 48.5 Å². The zero-order chi connectivity index (χ0) is 15.3. The van der Waals surface area contributed by atoms with Crippen LogP contribution in [0.2, 0.25) is 0 Å². The standard InChI is InChI=1S/C15H13FN2O2S/c16-13-5-7-14(8-6-13)18-21(19,20)15-9-3-12(4-10-15)2-1-11-17/h3-10,18H,11,17H2. The topological polar surface area (TPSA) is 72.2 Å². The van der Waals surface area contributed by atoms with Crippen LogP contribution in [-0.2, 0) is 10.0 Å². The van der Waals surface area contributed by atoms with Gasteiger partial charge in [0.25, 0.3) is 10.0 Å². The smallest absolute Gasteiger partial charge is 0.261 e. The van der Waals surface area contributed by atoms with E-state index < -0.39 is 15.8 Å². The summed E-state index contributed by atoms with van der Waals surface area (Å²) in [4.78, 5) is 0.102. The molecular weight excluding hydrogens is 291 g/mol. The molecule has 0 aliphatic rings. The Morgan fingerprint density at radius 3 is 2.24 bits per heavy atom. The largest absolute Gasteiger partial charge is 0.320 e. The summed E-state index contributed by atoms with van der Waals surface area (Å²) in [5.74, 6) is 5.06. The zero-order valence-corrected chi connectivity index (χ0v) is 11.8. The number of rotatable bonds is 3. The van der Waals surface area contributed by atoms with Crippen LogP contribution in [0.25, 0.3) is 0 Å². The van der Waals surface area contributed by atoms with Crippen molar-refractivity contribution in [3.05, 3.63) is 59.9 Å². The maximum absolute atomic E-state index is 12.8. The van der Waals surface area contributed by atoms with E-state index in [-0.39, 0.29) is 11.4 Å². The van der Waals surface area contributed by atoms with E-state index in [4.69, 9.17) is 5.73 Å². The Balaban J connectivity index is 2.21. The van der Waals surface area contributed by atoms with Gasteiger partial charge in [0.2, 0.25) is 0 Å². The van der Waals surface area contributed by atoms with Gasteiger partial charge in [0.05, 0.1) is 11.4 Å². The lowest BCUT2D eigenvalue weighted by Crippen LogP contribution is -2.12. The molecule has 2 aromatic rings. The first-order valence-electron chi connectivity index (χ1n) is 6.09. The van der Waals surface area contributed by atoms with Crippen molar-refractivity contribution < 1.29 is 12.8 Å². The summed E-state index contributed by atoms with van der Waals surface area (Å²) in [6.07, 6.45) is 0. The third-order valence-electron chi connectivity index (χ3n) is 2.60. The molecule has 0 saturated heterocycles. The Bertz CT molecular complexity index is 773. The Morgan fingerprint density at radius 1 is 1.05 bits per heavy atom. The van der Waals surface area contributed by atoms with Crippen molar-refractivity contribution in [2.24, 2.45) is 5.73 Å². The van der Waals surface area contributed by atoms with Gasteiger partial charge in [-0.3, -0.25) is 4.72 Å². The fraction of sp³-hybridized carbons (Fsp3) is 0.0667. The number of anilines is 1. The molecule has 0 aliphatic heterocycles. The van der Waals surface area contributed by atoms with E-state index in [0.717, 1.165) is 0 Å². The molecule has 21 heavy (non-hydrogen) atoms. The van der Waals surface area contributed by atoms with Crippen LogP contribution in [0, 0.1) is 17.7 Å². The maximum Gasteiger partial charge on any atom is 0.261 e. The molecule has 0 saturated carbocycles. The molecule has 4 nitrogen and oxygen atoms in total. The lowest BCUT2D eigenvalue weighted by Gasteiger charge is -2.08. The second-order valence-corrected chi connectivity index (χ2v) is 5.83. The van der Waals surface area contributed by atoms with E-state index in [9.17, 15) is 12.8 Å². The lowest BCUT2D eigenvalue weighted by atomic mass is 10.2. The average Bonchev–Trinajstić information content (AvgIpc) is 2.48. The van der Waals surface area contributed by atoms with Crippen LogP contribution in [-0.4, -0.2) is 15.0 Å². The number of halogens is 1. The van der Waals surface area contributed by atoms with Gasteiger partial charge >= 0.3 is 0 Å². The fourth-order valence-electron chi connectivity index (χ4n) is 1.60. The quantitative estimate of drug-likeness (QED) is 0.851. The Kier molecular flexibility index (Phi) is 4.58. The molecule has 6 heteroatoms. The van der Waals surface area contributed by atoms with Crippen LogP contribution in [0.3, 0.4) is 0 Å². The van der Waals surface area contributed by atoms with Crippen molar-refractivity contribution in [1.29, 1.82) is 0 Å². The molecule has 108 valence electrons. The number of hydrogen-bond donors (Lipinski definition) is 2. The van der Waals surface area contributed by atoms with Crippen LogP contribution in [0.1, 0.15) is 5.56 Å². The highest BCUT2D eigenvalue weighted by molar-refractivity contribution is 7.92. The van der Waals surface area contributed by atoms with Crippen molar-refractivity contribution >= 4 is 15.7 Å². The fourth-order valence-corrected chi connectivity index (χ4v) is 2.66. The van der Waals surface area contributed by atoms with Crippen molar-refractivity contribution in [2.45, 2.75) is 4.90 Å². The van der Waals surface area contributed by atoms with Gasteiger partial charge in [-0.2, -0.15) is 0 Å². The molecule has 3 N–H and O–H groups in total. The predicted octanol–water partition coefficient (Wildman–Crippen LogP) is 1.94. The summed E-state index contributed by atoms with van der Waals surface area (Å²) in [6, 6.07) is 11.2. The van der Waals surface area contributed by atoms with Crippen molar-refractivity contribution in [2.75, 3.05) is 11.3 Å². The first-order chi connectivity index (χ1) is 10.0. The van der Waals surface area contributed by atoms with E-state index in [2.05, 4.69) is 16.6 Å². The number of benzene rings is 2. The van der Waals surface area contributed by atoms with Crippen LogP contribution in [0.4, 0.5) is 10.1 Å². The molecule has 0 bridgehead atoms. The third kappa shape index (κ3) is 4.05. The summed E-state index contributed by atoms with van der Waals surface area (Å²) in [5, 5.41) is 0. The van der Waals surface area contributed by atoms with Gasteiger partial charge in [0.15, 0.2) is 0 Å². The molecule has 0 unspecified atom stereocenters. The molecule has 0 aromatic heterocycles. The second-order valence-electron chi connectivity index (χ2n) is 4.14. The Morgan fingerprint density at radius 2 is 1.67 bits per heavy atom. The molecule has 0 aliphatic carbocycles. The van der Waals surface area contributed by atoms with Crippen molar-refractivity contribution in [3.63, 3.8) is 0 Å². The van der Waals surface area contributed by atoms with Crippen molar-refractivity contribution in [3.8, 4) is 11.8 Å². The zero-order valence-electron chi connectivity index (χ0n) is 11.0. The number of sulfonamides is 1. The molecule has 0 atom stereocenters. The molecule has 2 aromatic carbocycles. The van der Waals surface area contributed by atoms with E-state index in [1.807, 2.05) is 0 Å². The SMILES string of the molecule is NCC#Cc1ccc(S(=O)(=O)Nc2ccc(F)cc2)cc1. The minimum Gasteiger partial charge on any atom is -0.320 e. The second kappa shape index (κ2) is 6.39. The highest BCUT2D eigenvalue weighted by Gasteiger charge is 2.13. The van der Waals surface area contributed by atoms with Gasteiger partial charge in [-0.1, -0.05) is 11.8 Å². The normalized spacial score (nSPS) is 10.6. The molecular formula is C15H13FN2O2S. The van der Waals surface area contributed by atoms with Crippen LogP contribution >= 0.6 is 0 Å². The maximum atomic E-state index is 12.8. The van der Waals surface area contributed by atoms with Gasteiger partial charge in [0.1, 0.15) is 5.82 Å². The van der Waals surface area contributed by atoms with Gasteiger partial charge < -0.3 is 5.73 Å². The van der Waals surface area contributed by atoms with E-state index in [1.165, 1.54) is 36.4 Å². The average molecular weight is 304 g/mol. The minimum absolute atomic E-state index is 0.102. The molecule has 0 radical (unpaired) electrons. The van der Waals surface area contributed by atoms with Crippen molar-refractivity contribution in [1.82, 2.24) is 0 Å². The van der Waals surface area contributed by atoms with Gasteiger partial charge in [-0.25, -0.2) is 12.8 Å². The Hall–Kier alpha value is -2.36. The predicted molar refractivity (Wildman–Crippen MR) is 79.6 cm³/mol. The highest BCUT2D eigenvalue weighted by atomic mass is 32.2. The van der Waals surface area contributed by atoms with Crippen LogP contribution in [0.5, 0.6) is 0 Å². The Labute approximate surface area is 122 Å². The summed E-state index contributed by atoms with van der Waals surface area (Å²) in [6.45, 7) is 0.242. The minimum atomic E-state index is -3.71. The lowest BCUT2D eigenvalue weighted by molar-refractivity contribution is 0.601. The summed E-state index contributed by atoms with van der Waals surface area (Å²) >= 11 is 0. The molecule has 0 fully saturated rings. The molecule has 0 spiro atoms. The van der Waals surface area contributed by atoms with E-state index in [1.54, 1.807) is 12.1 Å². The molecule has 0 heterocycles. The van der Waals surface area contributed by atoms with E-state index in [0.29, 0.717) is 11.3 Å². The molecule has 2 rings (SSSR count). The first-order valence-corrected chi connectivity index (χ1v) is 7.57. The summed E-state index contributed by atoms with van der Waals surface area (Å²) in [7, 11) is -3.71. The van der Waals surface area contributed by atoms with Gasteiger partial charge in [0, 0.05) is 11.3 Å². The van der Waals surface area contributed by atoms with Gasteiger partial charge in [-0.15, -0.1) is 0 Å². The highest BCUT2D eigenvalue weighted by Crippen LogP contribution is 2.16. The number of hydrogen-bond acceptors (Lipinski definition) is 3.